The Morgan fingerprint density at radius 1 is 0.714 bits per heavy atom. The SMILES string of the molecule is COc1c(O)c2c(=O)cc(OC)c3c4c(OC)cc(NC(CCC(=O)O)C(=O)O)c5c(=O)c(NC(CCC(=O)O)C(=O)O)c6c(c(c1C(C(C)=O)C(C)=C6)c23)c54. The van der Waals surface area contributed by atoms with Gasteiger partial charge in [-0.3, -0.25) is 24.0 Å². The number of allylic oxidation sites excluding steroid dienone is 1. The fraction of sp³-hybridized carbons (Fsp3) is 0.308. The van der Waals surface area contributed by atoms with Crippen LogP contribution in [0.4, 0.5) is 11.4 Å². The molecule has 0 fully saturated rings. The number of aromatic hydroxyl groups is 1. The number of carbonyl (C=O) groups is 5. The van der Waals surface area contributed by atoms with E-state index in [1.54, 1.807) is 6.92 Å². The first-order valence-electron chi connectivity index (χ1n) is 17.2. The largest absolute Gasteiger partial charge is 0.504 e. The average Bonchev–Trinajstić information content (AvgIpc) is 3.26. The van der Waals surface area contributed by atoms with E-state index >= 15 is 4.79 Å². The van der Waals surface area contributed by atoms with Gasteiger partial charge < -0.3 is 50.4 Å². The van der Waals surface area contributed by atoms with Crippen LogP contribution in [0.15, 0.2) is 27.3 Å². The molecule has 3 atom stereocenters. The Morgan fingerprint density at radius 2 is 1.25 bits per heavy atom. The summed E-state index contributed by atoms with van der Waals surface area (Å²) in [6.45, 7) is 2.87. The number of nitrogens with one attached hydrogen (secondary N) is 2. The van der Waals surface area contributed by atoms with E-state index in [9.17, 15) is 54.3 Å². The summed E-state index contributed by atoms with van der Waals surface area (Å²) in [6.07, 6.45) is -0.600. The van der Waals surface area contributed by atoms with E-state index in [1.807, 2.05) is 0 Å². The zero-order chi connectivity index (χ0) is 41.1. The molecule has 292 valence electrons. The second kappa shape index (κ2) is 14.4. The molecule has 0 saturated heterocycles. The van der Waals surface area contributed by atoms with Gasteiger partial charge in [-0.1, -0.05) is 11.6 Å². The number of benzene rings is 5. The lowest BCUT2D eigenvalue weighted by Crippen LogP contribution is -2.33. The van der Waals surface area contributed by atoms with E-state index in [0.717, 1.165) is 6.07 Å². The Morgan fingerprint density at radius 3 is 1.75 bits per heavy atom. The number of carboxylic acid groups (broad SMARTS) is 4. The van der Waals surface area contributed by atoms with Crippen LogP contribution in [0.1, 0.15) is 56.6 Å². The molecule has 0 spiro atoms. The number of aliphatic carboxylic acids is 4. The first kappa shape index (κ1) is 38.8. The second-order valence-electron chi connectivity index (χ2n) is 13.5. The molecule has 17 heteroatoms. The molecule has 0 heterocycles. The highest BCUT2D eigenvalue weighted by molar-refractivity contribution is 6.40. The molecule has 5 aromatic carbocycles. The lowest BCUT2D eigenvalue weighted by Gasteiger charge is -2.26. The van der Waals surface area contributed by atoms with E-state index in [-0.39, 0.29) is 82.8 Å². The number of hydrogen-bond acceptors (Lipinski definition) is 13. The maximum Gasteiger partial charge on any atom is 0.326 e. The Kier molecular flexibility index (Phi) is 9.97. The van der Waals surface area contributed by atoms with Crippen LogP contribution in [-0.4, -0.2) is 88.6 Å². The Bertz CT molecular complexity index is 2690. The highest BCUT2D eigenvalue weighted by Gasteiger charge is 2.38. The van der Waals surface area contributed by atoms with Crippen molar-refractivity contribution < 1.29 is 63.7 Å². The van der Waals surface area contributed by atoms with Crippen LogP contribution in [0.2, 0.25) is 0 Å². The fourth-order valence-corrected chi connectivity index (χ4v) is 7.96. The molecule has 5 aromatic rings. The van der Waals surface area contributed by atoms with Gasteiger partial charge in [0.1, 0.15) is 29.4 Å². The average molecular weight is 773 g/mol. The topological polar surface area (TPSA) is 272 Å². The molecule has 0 amide bonds. The van der Waals surface area contributed by atoms with Crippen molar-refractivity contribution in [2.75, 3.05) is 32.0 Å². The first-order valence-corrected chi connectivity index (χ1v) is 17.2. The summed E-state index contributed by atoms with van der Waals surface area (Å²) in [6, 6.07) is -0.813. The number of ketones is 1. The van der Waals surface area contributed by atoms with Gasteiger partial charge >= 0.3 is 23.9 Å². The predicted octanol–water partition coefficient (Wildman–Crippen LogP) is 4.18. The quantitative estimate of drug-likeness (QED) is 0.0547. The third kappa shape index (κ3) is 6.00. The molecular formula is C39H36N2O15. The summed E-state index contributed by atoms with van der Waals surface area (Å²) in [4.78, 5) is 90.8. The molecule has 17 nitrogen and oxygen atoms in total. The van der Waals surface area contributed by atoms with Crippen molar-refractivity contribution in [1.82, 2.24) is 0 Å². The van der Waals surface area contributed by atoms with Gasteiger partial charge in [-0.25, -0.2) is 9.59 Å². The standard InChI is InChI=1S/C39H36N2O15/c1-13-10-15-25-30-26(35(48)34(15)41-17(39(52)53)7-9-23(46)47)18(40-16(38(50)51)6-8-22(44)45)11-20(54-3)28(30)29-21(55-4)12-19(43)27-32(29)31(25)33(24(13)14(2)42)37(56-5)36(27)49/h10-12,16-17,24,40-41,49H,6-9H2,1-5H3,(H,44,45)(H,46,47)(H,50,51)(H,52,53). The van der Waals surface area contributed by atoms with Crippen LogP contribution in [0.5, 0.6) is 23.0 Å². The number of hydrogen-bond donors (Lipinski definition) is 7. The molecular weight excluding hydrogens is 736 g/mol. The number of rotatable bonds is 16. The third-order valence-corrected chi connectivity index (χ3v) is 10.2. The number of phenols is 1. The number of phenolic OH excluding ortho intramolecular Hbond substituents is 1. The van der Waals surface area contributed by atoms with Crippen LogP contribution in [0.3, 0.4) is 0 Å². The second-order valence-corrected chi connectivity index (χ2v) is 13.5. The maximum absolute atomic E-state index is 15.1. The lowest BCUT2D eigenvalue weighted by atomic mass is 9.80. The van der Waals surface area contributed by atoms with Crippen molar-refractivity contribution >= 4 is 90.2 Å². The monoisotopic (exact) mass is 772 g/mol. The summed E-state index contributed by atoms with van der Waals surface area (Å²) >= 11 is 0. The molecule has 0 aliphatic heterocycles. The summed E-state index contributed by atoms with van der Waals surface area (Å²) in [7, 11) is 3.81. The fourth-order valence-electron chi connectivity index (χ4n) is 7.96. The number of Topliss-reactive ketones (excluding diaryl/α,β-unsaturated/α-hetero) is 1. The molecule has 7 N–H and O–H groups in total. The molecule has 0 aromatic heterocycles. The van der Waals surface area contributed by atoms with Gasteiger partial charge in [0, 0.05) is 63.0 Å². The van der Waals surface area contributed by atoms with Gasteiger partial charge in [-0.15, -0.1) is 0 Å². The maximum atomic E-state index is 15.1. The minimum Gasteiger partial charge on any atom is -0.504 e. The molecule has 0 radical (unpaired) electrons. The normalized spacial score (nSPS) is 14.7. The highest BCUT2D eigenvalue weighted by Crippen LogP contribution is 2.57. The van der Waals surface area contributed by atoms with Gasteiger partial charge in [0.15, 0.2) is 16.9 Å². The predicted molar refractivity (Wildman–Crippen MR) is 204 cm³/mol. The zero-order valence-corrected chi connectivity index (χ0v) is 30.6. The summed E-state index contributed by atoms with van der Waals surface area (Å²) in [5.41, 5.74) is -1.67. The molecule has 1 aliphatic carbocycles. The highest BCUT2D eigenvalue weighted by atomic mass is 16.5. The summed E-state index contributed by atoms with van der Waals surface area (Å²) < 4.78 is 17.3. The smallest absolute Gasteiger partial charge is 0.326 e. The molecule has 0 saturated carbocycles. The molecule has 1 aliphatic rings. The van der Waals surface area contributed by atoms with Crippen LogP contribution < -0.4 is 35.7 Å². The molecule has 56 heavy (non-hydrogen) atoms. The first-order chi connectivity index (χ1) is 26.5. The zero-order valence-electron chi connectivity index (χ0n) is 30.6. The van der Waals surface area contributed by atoms with E-state index in [1.165, 1.54) is 40.4 Å². The van der Waals surface area contributed by atoms with Crippen LogP contribution in [0.25, 0.3) is 49.2 Å². The van der Waals surface area contributed by atoms with Crippen LogP contribution in [0, 0.1) is 0 Å². The van der Waals surface area contributed by atoms with Crippen LogP contribution >= 0.6 is 0 Å². The van der Waals surface area contributed by atoms with Crippen molar-refractivity contribution in [3.8, 4) is 23.0 Å². The van der Waals surface area contributed by atoms with Gasteiger partial charge in [-0.05, 0) is 32.1 Å². The Hall–Kier alpha value is -6.91. The molecule has 6 rings (SSSR count). The number of ether oxygens (including phenoxy) is 3. The van der Waals surface area contributed by atoms with Crippen molar-refractivity contribution in [3.63, 3.8) is 0 Å². The third-order valence-electron chi connectivity index (χ3n) is 10.2. The van der Waals surface area contributed by atoms with E-state index in [0.29, 0.717) is 5.57 Å². The summed E-state index contributed by atoms with van der Waals surface area (Å²) in [5.74, 6) is -7.98. The van der Waals surface area contributed by atoms with E-state index in [2.05, 4.69) is 10.6 Å². The Balaban J connectivity index is 1.99. The number of anilines is 2. The van der Waals surface area contributed by atoms with Crippen molar-refractivity contribution in [3.05, 3.63) is 49.3 Å². The molecule has 0 bridgehead atoms. The van der Waals surface area contributed by atoms with Crippen molar-refractivity contribution in [2.45, 2.75) is 57.5 Å². The van der Waals surface area contributed by atoms with Gasteiger partial charge in [0.05, 0.1) is 49.4 Å². The van der Waals surface area contributed by atoms with Crippen molar-refractivity contribution in [2.24, 2.45) is 0 Å². The molecule has 3 unspecified atom stereocenters. The van der Waals surface area contributed by atoms with Crippen LogP contribution in [-0.2, 0) is 24.0 Å². The minimum atomic E-state index is -1.66. The van der Waals surface area contributed by atoms with E-state index < -0.39 is 90.0 Å². The number of methoxy groups -OCH3 is 3. The number of carboxylic acids is 4. The van der Waals surface area contributed by atoms with Crippen molar-refractivity contribution in [1.29, 1.82) is 0 Å². The lowest BCUT2D eigenvalue weighted by molar-refractivity contribution is -0.141. The van der Waals surface area contributed by atoms with E-state index in [4.69, 9.17) is 14.2 Å². The van der Waals surface area contributed by atoms with Gasteiger partial charge in [0.25, 0.3) is 0 Å². The van der Waals surface area contributed by atoms with Gasteiger partial charge in [-0.2, -0.15) is 0 Å². The number of carbonyl (C=O) groups excluding carboxylic acids is 1. The number of fused-ring (bicyclic) bond motifs is 1. The Labute approximate surface area is 315 Å². The minimum absolute atomic E-state index is 0.0170. The summed E-state index contributed by atoms with van der Waals surface area (Å²) in [5, 5.41) is 56.7. The van der Waals surface area contributed by atoms with Gasteiger partial charge in [0.2, 0.25) is 5.43 Å².